The quantitative estimate of drug-likeness (QED) is 0.178. The molecular formula is C39H48N2O12. The van der Waals surface area contributed by atoms with Crippen LogP contribution in [0.3, 0.4) is 0 Å². The Morgan fingerprint density at radius 1 is 0.717 bits per heavy atom. The van der Waals surface area contributed by atoms with E-state index in [4.69, 9.17) is 28.4 Å². The van der Waals surface area contributed by atoms with Gasteiger partial charge in [-0.15, -0.1) is 0 Å². The zero-order valence-corrected chi connectivity index (χ0v) is 31.4. The van der Waals surface area contributed by atoms with Crippen molar-refractivity contribution in [1.29, 1.82) is 0 Å². The number of ketones is 2. The van der Waals surface area contributed by atoms with Crippen molar-refractivity contribution in [3.8, 4) is 22.6 Å². The Hall–Kier alpha value is -5.14. The summed E-state index contributed by atoms with van der Waals surface area (Å²) >= 11 is 0. The molecule has 2 aromatic carbocycles. The van der Waals surface area contributed by atoms with E-state index in [1.807, 2.05) is 6.92 Å². The first-order valence-electron chi connectivity index (χ1n) is 17.8. The fraction of sp³-hybridized carbons (Fsp3) is 0.538. The van der Waals surface area contributed by atoms with E-state index in [9.17, 15) is 28.8 Å². The van der Waals surface area contributed by atoms with Crippen molar-refractivity contribution in [2.24, 2.45) is 5.92 Å². The molecule has 286 valence electrons. The molecule has 0 unspecified atom stereocenters. The van der Waals surface area contributed by atoms with Gasteiger partial charge in [-0.05, 0) is 84.4 Å². The molecule has 14 nitrogen and oxygen atoms in total. The van der Waals surface area contributed by atoms with Crippen LogP contribution in [-0.4, -0.2) is 108 Å². The molecule has 0 spiro atoms. The summed E-state index contributed by atoms with van der Waals surface area (Å²) in [6.45, 7) is 12.5. The third kappa shape index (κ3) is 9.65. The highest BCUT2D eigenvalue weighted by molar-refractivity contribution is 6.03. The highest BCUT2D eigenvalue weighted by atomic mass is 16.6. The topological polar surface area (TPSA) is 164 Å². The second-order valence-corrected chi connectivity index (χ2v) is 15.5. The highest BCUT2D eigenvalue weighted by Crippen LogP contribution is 2.43. The fourth-order valence-electron chi connectivity index (χ4n) is 6.39. The molecule has 2 aromatic rings. The lowest BCUT2D eigenvalue weighted by atomic mass is 9.98. The number of fused-ring (bicyclic) bond motifs is 1. The molecule has 0 radical (unpaired) electrons. The minimum atomic E-state index is -0.846. The smallest absolute Gasteiger partial charge is 0.411 e. The first-order valence-corrected chi connectivity index (χ1v) is 17.8. The van der Waals surface area contributed by atoms with Crippen molar-refractivity contribution in [3.63, 3.8) is 0 Å². The van der Waals surface area contributed by atoms with Crippen molar-refractivity contribution >= 4 is 35.7 Å². The molecule has 3 heterocycles. The Morgan fingerprint density at radius 3 is 1.91 bits per heavy atom. The molecule has 14 heteroatoms. The highest BCUT2D eigenvalue weighted by Gasteiger charge is 2.41. The predicted molar refractivity (Wildman–Crippen MR) is 190 cm³/mol. The Labute approximate surface area is 308 Å². The summed E-state index contributed by atoms with van der Waals surface area (Å²) in [5.41, 5.74) is 0.298. The normalized spacial score (nSPS) is 19.7. The molecule has 3 aliphatic rings. The average molecular weight is 737 g/mol. The van der Waals surface area contributed by atoms with E-state index in [-0.39, 0.29) is 30.4 Å². The van der Waals surface area contributed by atoms with Gasteiger partial charge in [0.2, 0.25) is 5.78 Å². The van der Waals surface area contributed by atoms with Crippen molar-refractivity contribution in [2.75, 3.05) is 39.5 Å². The minimum absolute atomic E-state index is 0.0634. The van der Waals surface area contributed by atoms with Crippen LogP contribution in [0.25, 0.3) is 11.1 Å². The number of Topliss-reactive ketones (excluding diaryl/α,β-unsaturated/α-hetero) is 2. The van der Waals surface area contributed by atoms with E-state index in [0.29, 0.717) is 54.8 Å². The van der Waals surface area contributed by atoms with Gasteiger partial charge in [-0.3, -0.25) is 19.4 Å². The Kier molecular flexibility index (Phi) is 11.7. The van der Waals surface area contributed by atoms with Crippen LogP contribution in [-0.2, 0) is 28.5 Å². The molecule has 3 atom stereocenters. The molecule has 0 aromatic heterocycles. The lowest BCUT2D eigenvalue weighted by molar-refractivity contribution is -0.148. The number of likely N-dealkylation sites (tertiary alicyclic amines) is 2. The third-order valence-corrected chi connectivity index (χ3v) is 8.76. The van der Waals surface area contributed by atoms with Gasteiger partial charge in [0.15, 0.2) is 30.5 Å². The summed E-state index contributed by atoms with van der Waals surface area (Å²) in [4.78, 5) is 80.2. The van der Waals surface area contributed by atoms with Crippen molar-refractivity contribution in [3.05, 3.63) is 47.5 Å². The maximum absolute atomic E-state index is 13.3. The zero-order valence-electron chi connectivity index (χ0n) is 31.4. The lowest BCUT2D eigenvalue weighted by Crippen LogP contribution is -2.44. The van der Waals surface area contributed by atoms with Crippen molar-refractivity contribution in [1.82, 2.24) is 9.80 Å². The first-order chi connectivity index (χ1) is 24.9. The number of carbonyl (C=O) groups is 6. The lowest BCUT2D eigenvalue weighted by Gasteiger charge is -2.27. The molecule has 3 aliphatic heterocycles. The number of hydrogen-bond acceptors (Lipinski definition) is 12. The number of esters is 2. The molecule has 53 heavy (non-hydrogen) atoms. The summed E-state index contributed by atoms with van der Waals surface area (Å²) < 4.78 is 33.4. The van der Waals surface area contributed by atoms with Gasteiger partial charge in [0.1, 0.15) is 36.5 Å². The molecule has 2 fully saturated rings. The fourth-order valence-corrected chi connectivity index (χ4v) is 6.39. The van der Waals surface area contributed by atoms with Crippen LogP contribution in [0.1, 0.15) is 88.4 Å². The van der Waals surface area contributed by atoms with Gasteiger partial charge >= 0.3 is 24.1 Å². The van der Waals surface area contributed by atoms with Crippen LogP contribution in [0, 0.1) is 5.92 Å². The molecule has 0 aliphatic carbocycles. The maximum atomic E-state index is 13.3. The average Bonchev–Trinajstić information content (AvgIpc) is 3.75. The van der Waals surface area contributed by atoms with Gasteiger partial charge in [-0.2, -0.15) is 0 Å². The largest absolute Gasteiger partial charge is 0.485 e. The first kappa shape index (κ1) is 39.1. The van der Waals surface area contributed by atoms with E-state index in [1.165, 1.54) is 9.80 Å². The Morgan fingerprint density at radius 2 is 1.28 bits per heavy atom. The predicted octanol–water partition coefficient (Wildman–Crippen LogP) is 5.62. The van der Waals surface area contributed by atoms with Crippen molar-refractivity contribution in [2.45, 2.75) is 91.0 Å². The summed E-state index contributed by atoms with van der Waals surface area (Å²) in [5, 5.41) is 0. The minimum Gasteiger partial charge on any atom is -0.485 e. The van der Waals surface area contributed by atoms with Crippen LogP contribution in [0.2, 0.25) is 0 Å². The number of hydrogen-bond donors (Lipinski definition) is 0. The van der Waals surface area contributed by atoms with Gasteiger partial charge in [-0.1, -0.05) is 31.2 Å². The van der Waals surface area contributed by atoms with Crippen LogP contribution >= 0.6 is 0 Å². The number of nitrogens with zero attached hydrogens (tertiary/aromatic N) is 2. The van der Waals surface area contributed by atoms with Gasteiger partial charge in [-0.25, -0.2) is 19.2 Å². The van der Waals surface area contributed by atoms with Crippen LogP contribution in [0.15, 0.2) is 36.4 Å². The monoisotopic (exact) mass is 736 g/mol. The molecule has 2 amide bonds. The number of amides is 2. The van der Waals surface area contributed by atoms with Gasteiger partial charge in [0.05, 0.1) is 5.56 Å². The third-order valence-electron chi connectivity index (χ3n) is 8.76. The molecular weight excluding hydrogens is 688 g/mol. The molecule has 0 bridgehead atoms. The second-order valence-electron chi connectivity index (χ2n) is 15.5. The van der Waals surface area contributed by atoms with Gasteiger partial charge in [0.25, 0.3) is 0 Å². The molecule has 0 N–H and O–H groups in total. The number of carbonyl (C=O) groups excluding carboxylic acids is 6. The van der Waals surface area contributed by atoms with E-state index < -0.39 is 72.2 Å². The number of benzene rings is 2. The van der Waals surface area contributed by atoms with E-state index in [1.54, 1.807) is 77.9 Å². The Bertz CT molecular complexity index is 1740. The zero-order chi connectivity index (χ0) is 38.7. The summed E-state index contributed by atoms with van der Waals surface area (Å²) in [7, 11) is 0. The molecule has 2 saturated heterocycles. The van der Waals surface area contributed by atoms with Crippen molar-refractivity contribution < 1.29 is 57.2 Å². The van der Waals surface area contributed by atoms with E-state index in [0.717, 1.165) is 0 Å². The van der Waals surface area contributed by atoms with Crippen LogP contribution in [0.5, 0.6) is 11.5 Å². The second kappa shape index (κ2) is 15.8. The SMILES string of the molecule is C[C@H]1C[C@@H](C(=O)OCC(=O)c2ccc(-c3ccc(C(=O)COC(=O)[C@@H]4CCCN4C(=O)OC(C)(C)C)c4c3OCCO4)cc2)N(C(=O)OC(C)(C)C)C1. The van der Waals surface area contributed by atoms with E-state index in [2.05, 4.69) is 0 Å². The maximum Gasteiger partial charge on any atom is 0.411 e. The van der Waals surface area contributed by atoms with Gasteiger partial charge < -0.3 is 28.4 Å². The molecule has 0 saturated carbocycles. The van der Waals surface area contributed by atoms with Crippen LogP contribution < -0.4 is 9.47 Å². The van der Waals surface area contributed by atoms with E-state index >= 15 is 0 Å². The summed E-state index contributed by atoms with van der Waals surface area (Å²) in [5.74, 6) is -1.69. The summed E-state index contributed by atoms with van der Waals surface area (Å²) in [6, 6.07) is 8.14. The number of ether oxygens (including phenoxy) is 6. The Balaban J connectivity index is 1.21. The van der Waals surface area contributed by atoms with Crippen LogP contribution in [0.4, 0.5) is 9.59 Å². The number of rotatable bonds is 9. The molecule has 5 rings (SSSR count). The standard InChI is InChI=1S/C39H48N2O12/c1-23-19-29(41(20-23)37(47)53-39(5,6)7)35(45)50-21-30(42)25-12-10-24(11-13-25)26-14-15-27(33-32(26)48-17-18-49-33)31(43)22-51-34(44)28-9-8-16-40(28)36(46)52-38(2,3)4/h10-15,23,28-29H,8-9,16-22H2,1-7H3/t23-,28-,29-/m0/s1. The summed E-state index contributed by atoms with van der Waals surface area (Å²) in [6.07, 6.45) is 0.196. The van der Waals surface area contributed by atoms with Gasteiger partial charge in [0, 0.05) is 24.2 Å².